The van der Waals surface area contributed by atoms with E-state index in [-0.39, 0.29) is 36.7 Å². The van der Waals surface area contributed by atoms with Crippen molar-refractivity contribution >= 4 is 23.5 Å². The molecule has 8 heteroatoms. The molecule has 2 N–H and O–H groups in total. The highest BCUT2D eigenvalue weighted by atomic mass is 35.5. The number of carbonyl (C=O) groups is 2. The molecule has 0 unspecified atom stereocenters. The average Bonchev–Trinajstić information content (AvgIpc) is 3.40. The van der Waals surface area contributed by atoms with Crippen LogP contribution < -0.4 is 0 Å². The molecule has 3 fully saturated rings. The molecule has 0 amide bonds. The van der Waals surface area contributed by atoms with Gasteiger partial charge in [-0.3, -0.25) is 4.79 Å². The van der Waals surface area contributed by atoms with Crippen LogP contribution in [0.5, 0.6) is 0 Å². The Hall–Kier alpha value is -2.35. The molecule has 0 radical (unpaired) electrons. The van der Waals surface area contributed by atoms with Gasteiger partial charge in [0.15, 0.2) is 0 Å². The van der Waals surface area contributed by atoms with E-state index in [0.717, 1.165) is 0 Å². The molecule has 2 saturated carbocycles. The Bertz CT molecular complexity index is 1070. The van der Waals surface area contributed by atoms with Gasteiger partial charge < -0.3 is 24.1 Å². The summed E-state index contributed by atoms with van der Waals surface area (Å²) < 4.78 is 17.1. The molecule has 0 spiro atoms. The number of benzene rings is 1. The topological polar surface area (TPSA) is 106 Å². The van der Waals surface area contributed by atoms with E-state index in [9.17, 15) is 19.8 Å². The van der Waals surface area contributed by atoms with E-state index in [1.54, 1.807) is 30.3 Å². The molecule has 2 aromatic rings. The predicted molar refractivity (Wildman–Crippen MR) is 127 cm³/mol. The molecule has 7 nitrogen and oxygen atoms in total. The monoisotopic (exact) mass is 502 g/mol. The number of cyclic esters (lactones) is 1. The Balaban J connectivity index is 1.57. The minimum Gasteiger partial charge on any atom is -0.472 e. The molecule has 1 aromatic heterocycles. The minimum atomic E-state index is -1.37. The fraction of sp³-hybridized carbons (Fsp3) is 0.556. The second kappa shape index (κ2) is 8.95. The Kier molecular flexibility index (Phi) is 6.22. The lowest BCUT2D eigenvalue weighted by Gasteiger charge is -2.67. The maximum atomic E-state index is 13.7. The molecule has 5 rings (SSSR count). The van der Waals surface area contributed by atoms with Crippen LogP contribution in [0, 0.1) is 22.7 Å². The van der Waals surface area contributed by atoms with Crippen molar-refractivity contribution in [2.45, 2.75) is 56.8 Å². The van der Waals surface area contributed by atoms with Gasteiger partial charge in [-0.05, 0) is 49.3 Å². The van der Waals surface area contributed by atoms with Crippen LogP contribution in [-0.2, 0) is 14.3 Å². The zero-order valence-corrected chi connectivity index (χ0v) is 20.4. The summed E-state index contributed by atoms with van der Waals surface area (Å²) in [6.45, 7) is 1.86. The largest absolute Gasteiger partial charge is 0.472 e. The fourth-order valence-electron chi connectivity index (χ4n) is 7.15. The normalized spacial score (nSPS) is 37.1. The van der Waals surface area contributed by atoms with Crippen molar-refractivity contribution < 1.29 is 33.7 Å². The Labute approximate surface area is 209 Å². The molecule has 1 saturated heterocycles. The van der Waals surface area contributed by atoms with E-state index < -0.39 is 34.6 Å². The van der Waals surface area contributed by atoms with Crippen molar-refractivity contribution in [1.29, 1.82) is 0 Å². The standard InChI is InChI=1S/C27H31ClO7/c1-17-12-22(29)27-16-34-24(31)26(17,21(27)8-5-10-25(27,32)15-28)13-20(19-9-11-33-14-19)35-23(30)18-6-3-2-4-7-18/h2-4,6-7,9,11,14,17,20-22,29,32H,5,8,10,12-13,15-16H2,1H3/t17-,20-,21-,22+,25+,26-,27+/m1/s1. The first-order valence-corrected chi connectivity index (χ1v) is 12.7. The van der Waals surface area contributed by atoms with Crippen molar-refractivity contribution in [3.8, 4) is 0 Å². The predicted octanol–water partition coefficient (Wildman–Crippen LogP) is 4.27. The average molecular weight is 503 g/mol. The summed E-state index contributed by atoms with van der Waals surface area (Å²) in [6, 6.07) is 10.4. The number of hydrogen-bond donors (Lipinski definition) is 2. The van der Waals surface area contributed by atoms with E-state index >= 15 is 0 Å². The van der Waals surface area contributed by atoms with Gasteiger partial charge in [-0.15, -0.1) is 11.6 Å². The molecular formula is C27H31ClO7. The third-order valence-electron chi connectivity index (χ3n) is 8.98. The number of alkyl halides is 1. The lowest BCUT2D eigenvalue weighted by molar-refractivity contribution is -0.294. The van der Waals surface area contributed by atoms with Gasteiger partial charge in [-0.25, -0.2) is 4.79 Å². The number of esters is 2. The zero-order valence-electron chi connectivity index (χ0n) is 19.7. The first-order valence-electron chi connectivity index (χ1n) is 12.2. The van der Waals surface area contributed by atoms with E-state index in [4.69, 9.17) is 25.5 Å². The van der Waals surface area contributed by atoms with Crippen LogP contribution in [-0.4, -0.2) is 46.3 Å². The Morgan fingerprint density at radius 2 is 2.06 bits per heavy atom. The number of hydrogen-bond acceptors (Lipinski definition) is 7. The number of carbonyl (C=O) groups excluding carboxylic acids is 2. The highest BCUT2D eigenvalue weighted by Gasteiger charge is 2.74. The van der Waals surface area contributed by atoms with Gasteiger partial charge in [0.25, 0.3) is 0 Å². The molecule has 1 aromatic carbocycles. The second-order valence-electron chi connectivity index (χ2n) is 10.4. The number of aliphatic hydroxyl groups is 2. The van der Waals surface area contributed by atoms with Crippen LogP contribution >= 0.6 is 11.6 Å². The second-order valence-corrected chi connectivity index (χ2v) is 10.7. The summed E-state index contributed by atoms with van der Waals surface area (Å²) in [5.41, 5.74) is -2.47. The van der Waals surface area contributed by atoms with Gasteiger partial charge >= 0.3 is 11.9 Å². The van der Waals surface area contributed by atoms with E-state index in [1.165, 1.54) is 12.5 Å². The first-order chi connectivity index (χ1) is 16.8. The molecule has 3 aliphatic rings. The van der Waals surface area contributed by atoms with Gasteiger partial charge in [-0.1, -0.05) is 31.5 Å². The molecule has 1 aliphatic heterocycles. The summed E-state index contributed by atoms with van der Waals surface area (Å²) in [5, 5.41) is 23.0. The van der Waals surface area contributed by atoms with E-state index in [1.807, 2.05) is 13.0 Å². The van der Waals surface area contributed by atoms with Crippen molar-refractivity contribution in [1.82, 2.24) is 0 Å². The Morgan fingerprint density at radius 1 is 1.29 bits per heavy atom. The lowest BCUT2D eigenvalue weighted by atomic mass is 9.40. The van der Waals surface area contributed by atoms with Crippen molar-refractivity contribution in [3.05, 3.63) is 60.1 Å². The van der Waals surface area contributed by atoms with Crippen LogP contribution in [0.25, 0.3) is 0 Å². The summed E-state index contributed by atoms with van der Waals surface area (Å²) >= 11 is 6.31. The van der Waals surface area contributed by atoms with Crippen LogP contribution in [0.2, 0.25) is 0 Å². The van der Waals surface area contributed by atoms with Crippen LogP contribution in [0.3, 0.4) is 0 Å². The summed E-state index contributed by atoms with van der Waals surface area (Å²) in [5.74, 6) is -1.59. The number of rotatable bonds is 6. The van der Waals surface area contributed by atoms with Crippen LogP contribution in [0.1, 0.15) is 61.1 Å². The first kappa shape index (κ1) is 24.3. The van der Waals surface area contributed by atoms with Crippen LogP contribution in [0.15, 0.2) is 53.3 Å². The van der Waals surface area contributed by atoms with E-state index in [0.29, 0.717) is 36.8 Å². The molecule has 7 atom stereocenters. The molecule has 2 aliphatic carbocycles. The molecule has 188 valence electrons. The van der Waals surface area contributed by atoms with Crippen molar-refractivity contribution in [2.24, 2.45) is 22.7 Å². The molecule has 2 bridgehead atoms. The summed E-state index contributed by atoms with van der Waals surface area (Å²) in [4.78, 5) is 26.7. The third kappa shape index (κ3) is 3.54. The maximum Gasteiger partial charge on any atom is 0.338 e. The van der Waals surface area contributed by atoms with Gasteiger partial charge in [-0.2, -0.15) is 0 Å². The highest BCUT2D eigenvalue weighted by Crippen LogP contribution is 2.68. The van der Waals surface area contributed by atoms with Crippen LogP contribution in [0.4, 0.5) is 0 Å². The lowest BCUT2D eigenvalue weighted by Crippen LogP contribution is -2.75. The zero-order chi connectivity index (χ0) is 24.8. The number of aliphatic hydroxyl groups excluding tert-OH is 1. The summed E-state index contributed by atoms with van der Waals surface area (Å²) in [7, 11) is 0. The maximum absolute atomic E-state index is 13.7. The van der Waals surface area contributed by atoms with Crippen molar-refractivity contribution in [2.75, 3.05) is 12.5 Å². The highest BCUT2D eigenvalue weighted by molar-refractivity contribution is 6.18. The summed E-state index contributed by atoms with van der Waals surface area (Å²) in [6.07, 6.45) is 3.57. The fourth-order valence-corrected chi connectivity index (χ4v) is 7.53. The third-order valence-corrected chi connectivity index (χ3v) is 9.43. The number of furan rings is 1. The van der Waals surface area contributed by atoms with E-state index in [2.05, 4.69) is 0 Å². The quantitative estimate of drug-likeness (QED) is 0.449. The smallest absolute Gasteiger partial charge is 0.338 e. The number of halogens is 1. The molecular weight excluding hydrogens is 472 g/mol. The van der Waals surface area contributed by atoms with Crippen molar-refractivity contribution in [3.63, 3.8) is 0 Å². The number of ether oxygens (including phenoxy) is 2. The molecule has 35 heavy (non-hydrogen) atoms. The van der Waals surface area contributed by atoms with Gasteiger partial charge in [0.05, 0.1) is 46.5 Å². The molecule has 2 heterocycles. The van der Waals surface area contributed by atoms with Gasteiger partial charge in [0.2, 0.25) is 0 Å². The van der Waals surface area contributed by atoms with Gasteiger partial charge in [0.1, 0.15) is 12.7 Å². The Morgan fingerprint density at radius 3 is 2.74 bits per heavy atom. The van der Waals surface area contributed by atoms with Gasteiger partial charge in [0, 0.05) is 12.0 Å². The SMILES string of the molecule is C[C@@H]1C[C@H](O)[C@]23COC(=O)[C@@]1(C[C@@H](OC(=O)c1ccccc1)c1ccoc1)[C@H]2CCC[C@]3(O)CCl. The minimum absolute atomic E-state index is 0.0588.